The molecule has 6 heteroatoms. The number of nitrogens with one attached hydrogen (secondary N) is 1. The van der Waals surface area contributed by atoms with Crippen molar-refractivity contribution in [1.82, 2.24) is 5.32 Å². The minimum Gasteiger partial charge on any atom is -0.484 e. The summed E-state index contributed by atoms with van der Waals surface area (Å²) in [6, 6.07) is 6.40. The maximum Gasteiger partial charge on any atom is 0.161 e. The summed E-state index contributed by atoms with van der Waals surface area (Å²) in [7, 11) is 1.71. The lowest BCUT2D eigenvalue weighted by molar-refractivity contribution is 0.0746. The molecule has 3 rings (SSSR count). The Labute approximate surface area is 130 Å². The van der Waals surface area contributed by atoms with Crippen LogP contribution in [0.1, 0.15) is 6.42 Å². The molecule has 2 atom stereocenters. The Morgan fingerprint density at radius 1 is 1.50 bits per heavy atom. The first kappa shape index (κ1) is 15.7. The minimum absolute atomic E-state index is 0. The molecule has 0 saturated carbocycles. The van der Waals surface area contributed by atoms with Crippen LogP contribution in [0.4, 0.5) is 5.69 Å². The van der Waals surface area contributed by atoms with Gasteiger partial charge in [-0.25, -0.2) is 0 Å². The number of benzene rings is 1. The van der Waals surface area contributed by atoms with Gasteiger partial charge in [0.05, 0.1) is 17.3 Å². The third-order valence-electron chi connectivity index (χ3n) is 3.78. The van der Waals surface area contributed by atoms with E-state index in [1.54, 1.807) is 7.11 Å². The summed E-state index contributed by atoms with van der Waals surface area (Å²) in [5.41, 5.74) is 1.11. The molecule has 1 fully saturated rings. The molecule has 0 unspecified atom stereocenters. The number of halogens is 2. The van der Waals surface area contributed by atoms with Crippen molar-refractivity contribution in [2.75, 3.05) is 38.3 Å². The summed E-state index contributed by atoms with van der Waals surface area (Å²) in [4.78, 5) is 2.41. The quantitative estimate of drug-likeness (QED) is 0.907. The maximum atomic E-state index is 6.30. The van der Waals surface area contributed by atoms with Gasteiger partial charge in [-0.1, -0.05) is 17.7 Å². The molecule has 1 aromatic carbocycles. The monoisotopic (exact) mass is 318 g/mol. The lowest BCUT2D eigenvalue weighted by atomic mass is 10.1. The van der Waals surface area contributed by atoms with Crippen LogP contribution in [0.5, 0.6) is 5.75 Å². The van der Waals surface area contributed by atoms with Gasteiger partial charge in [-0.15, -0.1) is 12.4 Å². The van der Waals surface area contributed by atoms with Crippen LogP contribution in [0, 0.1) is 0 Å². The van der Waals surface area contributed by atoms with E-state index in [-0.39, 0.29) is 18.5 Å². The van der Waals surface area contributed by atoms with Crippen LogP contribution in [0.3, 0.4) is 0 Å². The van der Waals surface area contributed by atoms with Crippen molar-refractivity contribution in [2.45, 2.75) is 18.6 Å². The van der Waals surface area contributed by atoms with Gasteiger partial charge in [-0.3, -0.25) is 0 Å². The Morgan fingerprint density at radius 2 is 2.35 bits per heavy atom. The third kappa shape index (κ3) is 2.98. The van der Waals surface area contributed by atoms with Crippen LogP contribution in [-0.4, -0.2) is 45.5 Å². The molecule has 4 nitrogen and oxygen atoms in total. The van der Waals surface area contributed by atoms with E-state index in [4.69, 9.17) is 21.1 Å². The van der Waals surface area contributed by atoms with Crippen LogP contribution in [-0.2, 0) is 4.74 Å². The molecule has 0 aromatic heterocycles. The summed E-state index contributed by atoms with van der Waals surface area (Å²) in [5.74, 6) is 0.801. The average Bonchev–Trinajstić information content (AvgIpc) is 2.57. The van der Waals surface area contributed by atoms with E-state index in [0.29, 0.717) is 17.7 Å². The number of ether oxygens (including phenoxy) is 2. The number of anilines is 1. The predicted molar refractivity (Wildman–Crippen MR) is 83.6 cm³/mol. The van der Waals surface area contributed by atoms with Crippen molar-refractivity contribution in [3.05, 3.63) is 23.2 Å². The molecule has 0 radical (unpaired) electrons. The molecule has 0 amide bonds. The number of para-hydroxylation sites is 1. The Morgan fingerprint density at radius 3 is 3.15 bits per heavy atom. The zero-order valence-corrected chi connectivity index (χ0v) is 13.0. The van der Waals surface area contributed by atoms with Crippen LogP contribution >= 0.6 is 24.0 Å². The molecule has 1 aromatic rings. The van der Waals surface area contributed by atoms with Crippen LogP contribution in [0.25, 0.3) is 0 Å². The second kappa shape index (κ2) is 6.85. The summed E-state index contributed by atoms with van der Waals surface area (Å²) in [6.07, 6.45) is 1.00. The molecular formula is C14H20Cl2N2O2. The number of hydrogen-bond acceptors (Lipinski definition) is 4. The fourth-order valence-electron chi connectivity index (χ4n) is 2.94. The third-order valence-corrected chi connectivity index (χ3v) is 4.08. The van der Waals surface area contributed by atoms with Crippen molar-refractivity contribution >= 4 is 29.7 Å². The average molecular weight is 319 g/mol. The molecule has 112 valence electrons. The van der Waals surface area contributed by atoms with Crippen molar-refractivity contribution in [3.8, 4) is 5.75 Å². The van der Waals surface area contributed by atoms with Gasteiger partial charge in [0, 0.05) is 39.2 Å². The fraction of sp³-hybridized carbons (Fsp3) is 0.571. The molecule has 20 heavy (non-hydrogen) atoms. The van der Waals surface area contributed by atoms with Crippen LogP contribution in [0.15, 0.2) is 18.2 Å². The zero-order valence-electron chi connectivity index (χ0n) is 11.5. The number of rotatable bonds is 2. The highest BCUT2D eigenvalue weighted by Gasteiger charge is 2.32. The highest BCUT2D eigenvalue weighted by atomic mass is 35.5. The van der Waals surface area contributed by atoms with Gasteiger partial charge < -0.3 is 19.7 Å². The first-order chi connectivity index (χ1) is 9.29. The van der Waals surface area contributed by atoms with Crippen molar-refractivity contribution in [1.29, 1.82) is 0 Å². The molecule has 0 aliphatic carbocycles. The Bertz CT molecular complexity index is 459. The van der Waals surface area contributed by atoms with Crippen molar-refractivity contribution < 1.29 is 9.47 Å². The van der Waals surface area contributed by atoms with Crippen molar-refractivity contribution in [2.24, 2.45) is 0 Å². The van der Waals surface area contributed by atoms with E-state index in [1.807, 2.05) is 12.1 Å². The normalized spacial score (nSPS) is 24.8. The van der Waals surface area contributed by atoms with E-state index < -0.39 is 0 Å². The van der Waals surface area contributed by atoms with E-state index in [0.717, 1.165) is 37.5 Å². The van der Waals surface area contributed by atoms with Crippen molar-refractivity contribution in [3.63, 3.8) is 0 Å². The Hall–Kier alpha value is -0.680. The van der Waals surface area contributed by atoms with E-state index in [9.17, 15) is 0 Å². The Kier molecular flexibility index (Phi) is 5.38. The number of piperazine rings is 1. The van der Waals surface area contributed by atoms with Gasteiger partial charge in [-0.2, -0.15) is 0 Å². The van der Waals surface area contributed by atoms with E-state index in [2.05, 4.69) is 16.3 Å². The van der Waals surface area contributed by atoms with Gasteiger partial charge in [0.1, 0.15) is 6.10 Å². The number of nitrogens with zero attached hydrogens (tertiary/aromatic N) is 1. The maximum absolute atomic E-state index is 6.30. The van der Waals surface area contributed by atoms with Gasteiger partial charge in [0.25, 0.3) is 0 Å². The van der Waals surface area contributed by atoms with Gasteiger partial charge in [-0.05, 0) is 12.1 Å². The summed E-state index contributed by atoms with van der Waals surface area (Å²) in [6.45, 7) is 3.56. The molecule has 2 heterocycles. The van der Waals surface area contributed by atoms with Gasteiger partial charge in [0.15, 0.2) is 5.75 Å². The molecule has 2 aliphatic rings. The van der Waals surface area contributed by atoms with Crippen LogP contribution < -0.4 is 15.0 Å². The summed E-state index contributed by atoms with van der Waals surface area (Å²) >= 11 is 6.30. The SMILES string of the molecule is COC[C@@H]1C[C@@H]2CNCCN2c2cccc(Cl)c2O1.Cl. The number of fused-ring (bicyclic) bond motifs is 3. The van der Waals surface area contributed by atoms with Gasteiger partial charge >= 0.3 is 0 Å². The first-order valence-electron chi connectivity index (χ1n) is 6.71. The smallest absolute Gasteiger partial charge is 0.161 e. The minimum atomic E-state index is 0. The second-order valence-corrected chi connectivity index (χ2v) is 5.48. The fourth-order valence-corrected chi connectivity index (χ4v) is 3.15. The molecular weight excluding hydrogens is 299 g/mol. The van der Waals surface area contributed by atoms with Crippen LogP contribution in [0.2, 0.25) is 5.02 Å². The molecule has 2 aliphatic heterocycles. The topological polar surface area (TPSA) is 33.7 Å². The first-order valence-corrected chi connectivity index (χ1v) is 7.09. The molecule has 0 bridgehead atoms. The van der Waals surface area contributed by atoms with Gasteiger partial charge in [0.2, 0.25) is 0 Å². The number of hydrogen-bond donors (Lipinski definition) is 1. The predicted octanol–water partition coefficient (Wildman–Crippen LogP) is 2.34. The molecule has 0 spiro atoms. The van der Waals surface area contributed by atoms with E-state index in [1.165, 1.54) is 0 Å². The highest BCUT2D eigenvalue weighted by molar-refractivity contribution is 6.32. The number of methoxy groups -OCH3 is 1. The summed E-state index contributed by atoms with van der Waals surface area (Å²) in [5, 5.41) is 4.13. The zero-order chi connectivity index (χ0) is 13.2. The Balaban J connectivity index is 0.00000147. The standard InChI is InChI=1S/C14H19ClN2O2.ClH/c1-18-9-11-7-10-8-16-5-6-17(10)13-4-2-3-12(15)14(13)19-11;/h2-4,10-11,16H,5-9H2,1H3;1H/t10-,11+;/m1./s1. The largest absolute Gasteiger partial charge is 0.484 e. The highest BCUT2D eigenvalue weighted by Crippen LogP contribution is 2.40. The molecule has 1 saturated heterocycles. The second-order valence-electron chi connectivity index (χ2n) is 5.07. The lowest BCUT2D eigenvalue weighted by Gasteiger charge is -2.37. The lowest BCUT2D eigenvalue weighted by Crippen LogP contribution is -2.52. The molecule has 1 N–H and O–H groups in total. The summed E-state index contributed by atoms with van der Waals surface area (Å²) < 4.78 is 11.4. The van der Waals surface area contributed by atoms with E-state index >= 15 is 0 Å².